The molecule has 0 atom stereocenters. The molecule has 3 heteroatoms. The summed E-state index contributed by atoms with van der Waals surface area (Å²) in [5.74, 6) is 0.276. The standard InChI is InChI=1S/C10H11NO2/c12-8-4-5-9-7(6-8)2-1-3-10(9)11-13/h4-6,12-13H,1-3H2. The molecule has 0 radical (unpaired) electrons. The third-order valence-corrected chi connectivity index (χ3v) is 2.38. The number of aromatic hydroxyl groups is 1. The Morgan fingerprint density at radius 1 is 1.23 bits per heavy atom. The maximum Gasteiger partial charge on any atom is 0.115 e. The Morgan fingerprint density at radius 3 is 2.85 bits per heavy atom. The fraction of sp³-hybridized carbons (Fsp3) is 0.300. The smallest absolute Gasteiger partial charge is 0.115 e. The molecule has 1 aromatic rings. The van der Waals surface area contributed by atoms with Gasteiger partial charge in [0.1, 0.15) is 5.75 Å². The summed E-state index contributed by atoms with van der Waals surface area (Å²) in [6.07, 6.45) is 2.74. The van der Waals surface area contributed by atoms with E-state index in [4.69, 9.17) is 5.21 Å². The fourth-order valence-electron chi connectivity index (χ4n) is 1.75. The van der Waals surface area contributed by atoms with Gasteiger partial charge in [-0.25, -0.2) is 0 Å². The lowest BCUT2D eigenvalue weighted by Crippen LogP contribution is -2.11. The van der Waals surface area contributed by atoms with Crippen molar-refractivity contribution in [3.63, 3.8) is 0 Å². The van der Waals surface area contributed by atoms with E-state index in [2.05, 4.69) is 5.16 Å². The maximum absolute atomic E-state index is 9.24. The summed E-state index contributed by atoms with van der Waals surface area (Å²) in [4.78, 5) is 0. The van der Waals surface area contributed by atoms with E-state index in [1.54, 1.807) is 18.2 Å². The lowest BCUT2D eigenvalue weighted by atomic mass is 9.90. The van der Waals surface area contributed by atoms with Crippen molar-refractivity contribution < 1.29 is 10.3 Å². The molecule has 3 nitrogen and oxygen atoms in total. The second-order valence-corrected chi connectivity index (χ2v) is 3.24. The summed E-state index contributed by atoms with van der Waals surface area (Å²) in [5.41, 5.74) is 2.76. The van der Waals surface area contributed by atoms with E-state index < -0.39 is 0 Å². The third-order valence-electron chi connectivity index (χ3n) is 2.38. The molecule has 1 aliphatic rings. The summed E-state index contributed by atoms with van der Waals surface area (Å²) in [6.45, 7) is 0. The van der Waals surface area contributed by atoms with Crippen LogP contribution >= 0.6 is 0 Å². The number of nitrogens with zero attached hydrogens (tertiary/aromatic N) is 1. The number of hydrogen-bond donors (Lipinski definition) is 2. The van der Waals surface area contributed by atoms with Crippen LogP contribution < -0.4 is 0 Å². The van der Waals surface area contributed by atoms with E-state index >= 15 is 0 Å². The number of oxime groups is 1. The topological polar surface area (TPSA) is 52.8 Å². The molecule has 0 aromatic heterocycles. The highest BCUT2D eigenvalue weighted by molar-refractivity contribution is 6.02. The number of benzene rings is 1. The number of rotatable bonds is 0. The lowest BCUT2D eigenvalue weighted by Gasteiger charge is -2.16. The van der Waals surface area contributed by atoms with Crippen molar-refractivity contribution in [3.8, 4) is 5.75 Å². The Labute approximate surface area is 76.3 Å². The van der Waals surface area contributed by atoms with Crippen LogP contribution in [0.3, 0.4) is 0 Å². The summed E-state index contributed by atoms with van der Waals surface area (Å²) in [6, 6.07) is 5.16. The van der Waals surface area contributed by atoms with Gasteiger partial charge in [0.05, 0.1) is 5.71 Å². The quantitative estimate of drug-likeness (QED) is 0.469. The van der Waals surface area contributed by atoms with Crippen molar-refractivity contribution in [1.82, 2.24) is 0 Å². The first kappa shape index (κ1) is 8.10. The molecule has 13 heavy (non-hydrogen) atoms. The number of hydrogen-bond acceptors (Lipinski definition) is 3. The summed E-state index contributed by atoms with van der Waals surface area (Å²) < 4.78 is 0. The Balaban J connectivity index is 2.52. The normalized spacial score (nSPS) is 18.6. The van der Waals surface area contributed by atoms with Gasteiger partial charge >= 0.3 is 0 Å². The minimum Gasteiger partial charge on any atom is -0.508 e. The Kier molecular flexibility index (Phi) is 1.93. The van der Waals surface area contributed by atoms with Crippen LogP contribution in [0.25, 0.3) is 0 Å². The van der Waals surface area contributed by atoms with E-state index in [1.807, 2.05) is 0 Å². The molecule has 0 saturated heterocycles. The van der Waals surface area contributed by atoms with Crippen LogP contribution in [0.1, 0.15) is 24.0 Å². The highest BCUT2D eigenvalue weighted by Crippen LogP contribution is 2.24. The minimum absolute atomic E-state index is 0.276. The second kappa shape index (κ2) is 3.09. The molecule has 2 rings (SSSR count). The van der Waals surface area contributed by atoms with Crippen molar-refractivity contribution in [2.45, 2.75) is 19.3 Å². The SMILES string of the molecule is ON=C1CCCc2cc(O)ccc21. The predicted octanol–water partition coefficient (Wildman–Crippen LogP) is 1.91. The molecule has 0 bridgehead atoms. The average molecular weight is 177 g/mol. The van der Waals surface area contributed by atoms with Crippen LogP contribution in [0.2, 0.25) is 0 Å². The second-order valence-electron chi connectivity index (χ2n) is 3.24. The first-order chi connectivity index (χ1) is 6.31. The van der Waals surface area contributed by atoms with Gasteiger partial charge in [0.2, 0.25) is 0 Å². The molecular weight excluding hydrogens is 166 g/mol. The van der Waals surface area contributed by atoms with Gasteiger partial charge in [-0.1, -0.05) is 5.16 Å². The first-order valence-corrected chi connectivity index (χ1v) is 4.34. The highest BCUT2D eigenvalue weighted by atomic mass is 16.4. The largest absolute Gasteiger partial charge is 0.508 e. The number of aryl methyl sites for hydroxylation is 1. The zero-order chi connectivity index (χ0) is 9.26. The van der Waals surface area contributed by atoms with Crippen LogP contribution in [-0.4, -0.2) is 16.0 Å². The van der Waals surface area contributed by atoms with Gasteiger partial charge < -0.3 is 10.3 Å². The predicted molar refractivity (Wildman–Crippen MR) is 49.4 cm³/mol. The van der Waals surface area contributed by atoms with Crippen LogP contribution in [0.4, 0.5) is 0 Å². The van der Waals surface area contributed by atoms with Gasteiger partial charge in [-0.15, -0.1) is 0 Å². The molecule has 2 N–H and O–H groups in total. The van der Waals surface area contributed by atoms with Gasteiger partial charge in [0.25, 0.3) is 0 Å². The molecule has 0 fully saturated rings. The van der Waals surface area contributed by atoms with Gasteiger partial charge in [-0.3, -0.25) is 0 Å². The molecular formula is C10H11NO2. The van der Waals surface area contributed by atoms with E-state index in [1.165, 1.54) is 0 Å². The number of fused-ring (bicyclic) bond motifs is 1. The van der Waals surface area contributed by atoms with Gasteiger partial charge in [0.15, 0.2) is 0 Å². The van der Waals surface area contributed by atoms with Gasteiger partial charge in [0, 0.05) is 5.56 Å². The molecule has 0 saturated carbocycles. The van der Waals surface area contributed by atoms with Crippen molar-refractivity contribution in [2.24, 2.45) is 5.16 Å². The van der Waals surface area contributed by atoms with Crippen molar-refractivity contribution in [1.29, 1.82) is 0 Å². The number of phenolic OH excluding ortho intramolecular Hbond substituents is 1. The third kappa shape index (κ3) is 1.37. The molecule has 1 aromatic carbocycles. The Bertz CT molecular complexity index is 358. The zero-order valence-electron chi connectivity index (χ0n) is 7.20. The minimum atomic E-state index is 0.276. The molecule has 1 aliphatic carbocycles. The summed E-state index contributed by atoms with van der Waals surface area (Å²) in [7, 11) is 0. The van der Waals surface area contributed by atoms with Crippen LogP contribution in [0.5, 0.6) is 5.75 Å². The fourth-order valence-corrected chi connectivity index (χ4v) is 1.75. The Morgan fingerprint density at radius 2 is 2.08 bits per heavy atom. The Hall–Kier alpha value is -1.51. The van der Waals surface area contributed by atoms with E-state index in [0.29, 0.717) is 0 Å². The molecule has 0 aliphatic heterocycles. The summed E-state index contributed by atoms with van der Waals surface area (Å²) >= 11 is 0. The van der Waals surface area contributed by atoms with Crippen LogP contribution in [-0.2, 0) is 6.42 Å². The van der Waals surface area contributed by atoms with Gasteiger partial charge in [-0.05, 0) is 43.0 Å². The van der Waals surface area contributed by atoms with E-state index in [-0.39, 0.29) is 5.75 Å². The molecule has 0 unspecified atom stereocenters. The van der Waals surface area contributed by atoms with Crippen LogP contribution in [0.15, 0.2) is 23.4 Å². The van der Waals surface area contributed by atoms with E-state index in [9.17, 15) is 5.11 Å². The molecule has 68 valence electrons. The molecule has 0 spiro atoms. The van der Waals surface area contributed by atoms with Crippen molar-refractivity contribution in [2.75, 3.05) is 0 Å². The lowest BCUT2D eigenvalue weighted by molar-refractivity contribution is 0.317. The monoisotopic (exact) mass is 177 g/mol. The maximum atomic E-state index is 9.24. The highest BCUT2D eigenvalue weighted by Gasteiger charge is 2.15. The van der Waals surface area contributed by atoms with Crippen molar-refractivity contribution in [3.05, 3.63) is 29.3 Å². The van der Waals surface area contributed by atoms with E-state index in [0.717, 1.165) is 36.1 Å². The van der Waals surface area contributed by atoms with Crippen molar-refractivity contribution >= 4 is 5.71 Å². The average Bonchev–Trinajstić information content (AvgIpc) is 2.16. The molecule has 0 amide bonds. The van der Waals surface area contributed by atoms with Gasteiger partial charge in [-0.2, -0.15) is 0 Å². The first-order valence-electron chi connectivity index (χ1n) is 4.34. The number of phenols is 1. The summed E-state index contributed by atoms with van der Waals surface area (Å²) in [5, 5.41) is 21.2. The molecule has 0 heterocycles. The zero-order valence-corrected chi connectivity index (χ0v) is 7.20. The van der Waals surface area contributed by atoms with Crippen LogP contribution in [0, 0.1) is 0 Å².